The molecule has 14 nitrogen and oxygen atoms in total. The van der Waals surface area contributed by atoms with Crippen molar-refractivity contribution in [1.29, 1.82) is 0 Å². The monoisotopic (exact) mass is 767 g/mol. The highest BCUT2D eigenvalue weighted by Crippen LogP contribution is 2.53. The van der Waals surface area contributed by atoms with Crippen molar-refractivity contribution in [1.82, 2.24) is 19.9 Å². The number of fused-ring (bicyclic) bond motifs is 1. The van der Waals surface area contributed by atoms with Gasteiger partial charge >= 0.3 is 5.97 Å². The van der Waals surface area contributed by atoms with Gasteiger partial charge in [0.25, 0.3) is 5.91 Å². The molecule has 3 aromatic rings. The predicted octanol–water partition coefficient (Wildman–Crippen LogP) is 4.14. The molecule has 282 valence electrons. The quantitative estimate of drug-likeness (QED) is 0.182. The summed E-state index contributed by atoms with van der Waals surface area (Å²) in [7, 11) is -2.42. The fourth-order valence-electron chi connectivity index (χ4n) is 6.97. The van der Waals surface area contributed by atoms with Gasteiger partial charge in [0.1, 0.15) is 23.4 Å². The fourth-order valence-corrected chi connectivity index (χ4v) is 8.50. The molecule has 3 amide bonds. The number of rotatable bonds is 13. The normalized spacial score (nSPS) is 23.5. The van der Waals surface area contributed by atoms with Crippen LogP contribution < -0.4 is 24.8 Å². The molecular formula is C37H42ClN5O9S. The summed E-state index contributed by atoms with van der Waals surface area (Å²) in [5.41, 5.74) is -1.83. The number of ether oxygens (including phenoxy) is 2. The molecule has 3 aliphatic rings. The lowest BCUT2D eigenvalue weighted by molar-refractivity contribution is -0.136. The Bertz CT molecular complexity index is 2100. The van der Waals surface area contributed by atoms with Crippen LogP contribution in [0.5, 0.6) is 11.6 Å². The molecule has 53 heavy (non-hydrogen) atoms. The number of hydrogen-bond donors (Lipinski definition) is 4. The summed E-state index contributed by atoms with van der Waals surface area (Å²) in [6.07, 6.45) is 3.42. The van der Waals surface area contributed by atoms with Crippen LogP contribution in [0.4, 0.5) is 5.69 Å². The Morgan fingerprint density at radius 1 is 1.13 bits per heavy atom. The number of carboxylic acid groups (broad SMARTS) is 1. The van der Waals surface area contributed by atoms with Gasteiger partial charge in [-0.3, -0.25) is 29.3 Å². The van der Waals surface area contributed by atoms with Crippen LogP contribution in [0.1, 0.15) is 56.8 Å². The number of anilines is 1. The summed E-state index contributed by atoms with van der Waals surface area (Å²) in [6.45, 7) is 9.24. The average Bonchev–Trinajstić information content (AvgIpc) is 4.03. The second-order valence-electron chi connectivity index (χ2n) is 14.8. The van der Waals surface area contributed by atoms with E-state index in [1.807, 2.05) is 0 Å². The molecule has 0 spiro atoms. The van der Waals surface area contributed by atoms with Crippen molar-refractivity contribution in [3.63, 3.8) is 0 Å². The van der Waals surface area contributed by atoms with Gasteiger partial charge in [-0.05, 0) is 61.1 Å². The summed E-state index contributed by atoms with van der Waals surface area (Å²) in [5.74, 6) is -3.12. The van der Waals surface area contributed by atoms with Crippen molar-refractivity contribution >= 4 is 61.8 Å². The number of methoxy groups -OCH3 is 1. The lowest BCUT2D eigenvalue weighted by atomic mass is 9.85. The standard InChI is InChI=1S/C37H42ClN5O9S/c1-6-21-17-37(21,35(48)42-53(49,50)25-11-12-25)43-19-24(52-33-27-15-22(38)10-13-26(27)29(51-5)18-39-33)16-28(43)31(44)41-32(45)30(36(2,3)4)40-23-9-7-8-20(14-23)34(46)47/h6-10,13-15,18,21,24-25,28,30,40H,1,11-12,16-17,19H2,2-5H3,(H,42,48)(H,46,47)(H,41,44,45)/t21-,24-,28+,30-,37-/m1/s1. The lowest BCUT2D eigenvalue weighted by Gasteiger charge is -2.34. The Morgan fingerprint density at radius 3 is 2.49 bits per heavy atom. The first kappa shape index (κ1) is 38.0. The minimum Gasteiger partial charge on any atom is -0.494 e. The highest BCUT2D eigenvalue weighted by molar-refractivity contribution is 7.91. The number of nitrogens with zero attached hydrogens (tertiary/aromatic N) is 2. The van der Waals surface area contributed by atoms with E-state index < -0.39 is 74.0 Å². The van der Waals surface area contributed by atoms with E-state index in [2.05, 4.69) is 26.9 Å². The van der Waals surface area contributed by atoms with Crippen molar-refractivity contribution in [2.24, 2.45) is 11.3 Å². The van der Waals surface area contributed by atoms with E-state index in [1.54, 1.807) is 62.1 Å². The maximum atomic E-state index is 14.3. The van der Waals surface area contributed by atoms with Crippen molar-refractivity contribution in [2.45, 2.75) is 75.4 Å². The summed E-state index contributed by atoms with van der Waals surface area (Å²) >= 11 is 6.33. The van der Waals surface area contributed by atoms with E-state index >= 15 is 0 Å². The molecule has 0 radical (unpaired) electrons. The molecule has 3 fully saturated rings. The number of carbonyl (C=O) groups is 4. The first-order chi connectivity index (χ1) is 25.0. The summed E-state index contributed by atoms with van der Waals surface area (Å²) in [4.78, 5) is 59.8. The Morgan fingerprint density at radius 2 is 1.87 bits per heavy atom. The Balaban J connectivity index is 1.31. The van der Waals surface area contributed by atoms with Crippen LogP contribution in [0.2, 0.25) is 5.02 Å². The van der Waals surface area contributed by atoms with Gasteiger partial charge in [-0.15, -0.1) is 6.58 Å². The minimum atomic E-state index is -3.94. The number of sulfonamides is 1. The van der Waals surface area contributed by atoms with E-state index in [4.69, 9.17) is 21.1 Å². The molecule has 6 rings (SSSR count). The number of aromatic carboxylic acids is 1. The SMILES string of the molecule is C=C[C@@H]1C[C@@]1(C(=O)NS(=O)(=O)C1CC1)N1C[C@H](Oc2ncc(OC)c3ccc(Cl)cc23)C[C@H]1C(=O)NC(=O)[C@@H](Nc1cccc(C(=O)O)c1)C(C)(C)C. The van der Waals surface area contributed by atoms with Crippen molar-refractivity contribution in [2.75, 3.05) is 19.0 Å². The Kier molecular flexibility index (Phi) is 10.2. The topological polar surface area (TPSA) is 193 Å². The van der Waals surface area contributed by atoms with Crippen LogP contribution in [0, 0.1) is 11.3 Å². The molecule has 1 aromatic heterocycles. The third kappa shape index (κ3) is 7.69. The first-order valence-corrected chi connectivity index (χ1v) is 19.1. The minimum absolute atomic E-state index is 0.00616. The molecule has 0 bridgehead atoms. The number of pyridine rings is 1. The van der Waals surface area contributed by atoms with Gasteiger partial charge in [0.2, 0.25) is 27.7 Å². The molecule has 1 aliphatic heterocycles. The molecule has 0 unspecified atom stereocenters. The van der Waals surface area contributed by atoms with Crippen LogP contribution in [-0.2, 0) is 24.4 Å². The third-order valence-corrected chi connectivity index (χ3v) is 12.1. The highest BCUT2D eigenvalue weighted by Gasteiger charge is 2.67. The number of benzene rings is 2. The van der Waals surface area contributed by atoms with Crippen molar-refractivity contribution < 1.29 is 42.2 Å². The lowest BCUT2D eigenvalue weighted by Crippen LogP contribution is -2.59. The van der Waals surface area contributed by atoms with Gasteiger partial charge in [0.15, 0.2) is 0 Å². The number of aromatic nitrogens is 1. The molecule has 16 heteroatoms. The van der Waals surface area contributed by atoms with Crippen LogP contribution in [-0.4, -0.2) is 89.7 Å². The average molecular weight is 768 g/mol. The first-order valence-electron chi connectivity index (χ1n) is 17.2. The second kappa shape index (κ2) is 14.3. The number of carboxylic acids is 1. The number of likely N-dealkylation sites (tertiary alicyclic amines) is 1. The number of amides is 3. The predicted molar refractivity (Wildman–Crippen MR) is 197 cm³/mol. The van der Waals surface area contributed by atoms with E-state index in [0.29, 0.717) is 40.1 Å². The molecule has 1 saturated heterocycles. The van der Waals surface area contributed by atoms with Crippen LogP contribution in [0.3, 0.4) is 0 Å². The van der Waals surface area contributed by atoms with Crippen LogP contribution in [0.25, 0.3) is 10.8 Å². The molecular weight excluding hydrogens is 726 g/mol. The number of hydrogen-bond acceptors (Lipinski definition) is 11. The number of carbonyl (C=O) groups excluding carboxylic acids is 3. The van der Waals surface area contributed by atoms with Gasteiger partial charge in [-0.2, -0.15) is 0 Å². The van der Waals surface area contributed by atoms with Gasteiger partial charge in [0, 0.05) is 40.4 Å². The van der Waals surface area contributed by atoms with E-state index in [9.17, 15) is 32.7 Å². The molecule has 2 heterocycles. The molecule has 2 aromatic carbocycles. The van der Waals surface area contributed by atoms with Crippen LogP contribution in [0.15, 0.2) is 61.3 Å². The Hall–Kier alpha value is -4.73. The Labute approximate surface area is 312 Å². The van der Waals surface area contributed by atoms with Gasteiger partial charge in [0.05, 0.1) is 30.2 Å². The zero-order valence-electron chi connectivity index (χ0n) is 29.7. The molecule has 2 saturated carbocycles. The maximum Gasteiger partial charge on any atom is 0.335 e. The van der Waals surface area contributed by atoms with Crippen LogP contribution >= 0.6 is 11.6 Å². The summed E-state index contributed by atoms with van der Waals surface area (Å²) < 4.78 is 40.0. The van der Waals surface area contributed by atoms with Gasteiger partial charge in [-0.1, -0.05) is 44.5 Å². The second-order valence-corrected chi connectivity index (χ2v) is 17.2. The number of halogens is 1. The van der Waals surface area contributed by atoms with Crippen molar-refractivity contribution in [3.05, 3.63) is 71.9 Å². The van der Waals surface area contributed by atoms with E-state index in [1.165, 1.54) is 25.4 Å². The van der Waals surface area contributed by atoms with E-state index in [0.717, 1.165) is 0 Å². The molecule has 2 aliphatic carbocycles. The molecule has 4 N–H and O–H groups in total. The van der Waals surface area contributed by atoms with Gasteiger partial charge < -0.3 is 19.9 Å². The smallest absolute Gasteiger partial charge is 0.335 e. The highest BCUT2D eigenvalue weighted by atomic mass is 35.5. The van der Waals surface area contributed by atoms with Crippen molar-refractivity contribution in [3.8, 4) is 11.6 Å². The fraction of sp³-hybridized carbons (Fsp3) is 0.432. The maximum absolute atomic E-state index is 14.3. The number of nitrogens with one attached hydrogen (secondary N) is 3. The zero-order valence-corrected chi connectivity index (χ0v) is 31.3. The molecule has 5 atom stereocenters. The van der Waals surface area contributed by atoms with E-state index in [-0.39, 0.29) is 30.8 Å². The summed E-state index contributed by atoms with van der Waals surface area (Å²) in [6, 6.07) is 9.00. The summed E-state index contributed by atoms with van der Waals surface area (Å²) in [5, 5.41) is 16.1. The third-order valence-electron chi connectivity index (χ3n) is 10.0. The zero-order chi connectivity index (χ0) is 38.5. The van der Waals surface area contributed by atoms with Gasteiger partial charge in [-0.25, -0.2) is 18.2 Å². The number of imide groups is 1. The largest absolute Gasteiger partial charge is 0.494 e.